The van der Waals surface area contributed by atoms with E-state index in [1.54, 1.807) is 7.05 Å². The molecule has 0 spiro atoms. The molecule has 0 unspecified atom stereocenters. The lowest BCUT2D eigenvalue weighted by atomic mass is 10.1. The Hall–Kier alpha value is -2.77. The van der Waals surface area contributed by atoms with Crippen LogP contribution in [-0.2, 0) is 7.05 Å². The maximum atomic E-state index is 14.3. The van der Waals surface area contributed by atoms with Crippen molar-refractivity contribution in [2.75, 3.05) is 20.3 Å². The Morgan fingerprint density at radius 3 is 2.78 bits per heavy atom. The number of aromatic carboxylic acids is 1. The van der Waals surface area contributed by atoms with Crippen molar-refractivity contribution >= 4 is 5.97 Å². The molecule has 0 amide bonds. The molecule has 0 bridgehead atoms. The molecule has 2 aromatic rings. The first kappa shape index (κ1) is 15.1. The van der Waals surface area contributed by atoms with E-state index in [-0.39, 0.29) is 22.8 Å². The van der Waals surface area contributed by atoms with E-state index in [9.17, 15) is 9.18 Å². The summed E-state index contributed by atoms with van der Waals surface area (Å²) in [5.41, 5.74) is 0.490. The van der Waals surface area contributed by atoms with Gasteiger partial charge in [-0.15, -0.1) is 0 Å². The van der Waals surface area contributed by atoms with Crippen LogP contribution in [0.25, 0.3) is 11.3 Å². The zero-order chi connectivity index (χ0) is 16.6. The molecule has 1 aliphatic heterocycles. The highest BCUT2D eigenvalue weighted by Gasteiger charge is 2.27. The minimum absolute atomic E-state index is 0.0470. The van der Waals surface area contributed by atoms with Gasteiger partial charge in [0.2, 0.25) is 0 Å². The summed E-state index contributed by atoms with van der Waals surface area (Å²) in [6, 6.07) is 2.55. The second-order valence-corrected chi connectivity index (χ2v) is 4.99. The lowest BCUT2D eigenvalue weighted by Gasteiger charge is -2.16. The monoisotopic (exact) mass is 322 g/mol. The minimum atomic E-state index is -1.18. The number of benzene rings is 1. The number of carboxylic acids is 1. The van der Waals surface area contributed by atoms with Crippen molar-refractivity contribution in [3.63, 3.8) is 0 Å². The molecule has 0 atom stereocenters. The van der Waals surface area contributed by atoms with E-state index in [1.807, 2.05) is 0 Å². The third-order valence-electron chi connectivity index (χ3n) is 3.50. The minimum Gasteiger partial charge on any atom is -0.493 e. The summed E-state index contributed by atoms with van der Waals surface area (Å²) < 4.78 is 32.1. The van der Waals surface area contributed by atoms with Gasteiger partial charge in [-0.25, -0.2) is 9.18 Å². The summed E-state index contributed by atoms with van der Waals surface area (Å²) in [6.45, 7) is 0.808. The number of aromatic nitrogens is 2. The highest BCUT2D eigenvalue weighted by atomic mass is 19.1. The Kier molecular flexibility index (Phi) is 3.81. The average Bonchev–Trinajstić information content (AvgIpc) is 2.74. The Morgan fingerprint density at radius 2 is 2.13 bits per heavy atom. The van der Waals surface area contributed by atoms with E-state index in [0.717, 1.165) is 0 Å². The number of ether oxygens (including phenoxy) is 3. The Morgan fingerprint density at radius 1 is 1.39 bits per heavy atom. The van der Waals surface area contributed by atoms with Crippen LogP contribution in [0.1, 0.15) is 16.9 Å². The average molecular weight is 322 g/mol. The van der Waals surface area contributed by atoms with Crippen molar-refractivity contribution < 1.29 is 28.5 Å². The summed E-state index contributed by atoms with van der Waals surface area (Å²) >= 11 is 0. The summed E-state index contributed by atoms with van der Waals surface area (Å²) in [5.74, 6) is -1.26. The molecule has 0 aliphatic carbocycles. The summed E-state index contributed by atoms with van der Waals surface area (Å²) in [7, 11) is 2.90. The number of carbonyl (C=O) groups is 1. The van der Waals surface area contributed by atoms with Gasteiger partial charge >= 0.3 is 5.97 Å². The van der Waals surface area contributed by atoms with Gasteiger partial charge in [-0.05, 0) is 6.07 Å². The van der Waals surface area contributed by atoms with Gasteiger partial charge in [0.1, 0.15) is 0 Å². The largest absolute Gasteiger partial charge is 0.493 e. The van der Waals surface area contributed by atoms with Crippen LogP contribution in [0.2, 0.25) is 0 Å². The third-order valence-corrected chi connectivity index (χ3v) is 3.50. The van der Waals surface area contributed by atoms with Crippen molar-refractivity contribution in [3.05, 3.63) is 23.6 Å². The number of fused-ring (bicyclic) bond motifs is 1. The highest BCUT2D eigenvalue weighted by Crippen LogP contribution is 2.47. The fourth-order valence-electron chi connectivity index (χ4n) is 2.50. The molecule has 8 heteroatoms. The van der Waals surface area contributed by atoms with Gasteiger partial charge in [0, 0.05) is 19.5 Å². The maximum absolute atomic E-state index is 14.3. The number of halogens is 1. The molecule has 3 rings (SSSR count). The molecule has 0 saturated heterocycles. The first-order valence-corrected chi connectivity index (χ1v) is 6.96. The molecule has 0 fully saturated rings. The highest BCUT2D eigenvalue weighted by molar-refractivity contribution is 5.88. The molecule has 23 heavy (non-hydrogen) atoms. The van der Waals surface area contributed by atoms with E-state index < -0.39 is 11.8 Å². The molecular formula is C15H15FN2O5. The maximum Gasteiger partial charge on any atom is 0.356 e. The molecule has 122 valence electrons. The summed E-state index contributed by atoms with van der Waals surface area (Å²) in [5, 5.41) is 13.0. The fraction of sp³-hybridized carbons (Fsp3) is 0.333. The van der Waals surface area contributed by atoms with Crippen LogP contribution in [0.3, 0.4) is 0 Å². The number of nitrogens with zero attached hydrogens (tertiary/aromatic N) is 2. The van der Waals surface area contributed by atoms with Gasteiger partial charge in [0.25, 0.3) is 0 Å². The van der Waals surface area contributed by atoms with Crippen LogP contribution in [0.15, 0.2) is 12.1 Å². The number of hydrogen-bond acceptors (Lipinski definition) is 5. The lowest BCUT2D eigenvalue weighted by molar-refractivity contribution is 0.0689. The molecule has 1 aromatic carbocycles. The first-order chi connectivity index (χ1) is 11.0. The second kappa shape index (κ2) is 5.79. The van der Waals surface area contributed by atoms with Crippen LogP contribution in [0.4, 0.5) is 4.39 Å². The van der Waals surface area contributed by atoms with E-state index in [1.165, 1.54) is 23.9 Å². The van der Waals surface area contributed by atoms with Crippen LogP contribution >= 0.6 is 0 Å². The third kappa shape index (κ3) is 2.56. The van der Waals surface area contributed by atoms with Gasteiger partial charge in [-0.1, -0.05) is 0 Å². The first-order valence-electron chi connectivity index (χ1n) is 6.96. The predicted molar refractivity (Wildman–Crippen MR) is 77.7 cm³/mol. The molecule has 0 saturated carbocycles. The molecular weight excluding hydrogens is 307 g/mol. The molecule has 0 radical (unpaired) electrons. The summed E-state index contributed by atoms with van der Waals surface area (Å²) in [4.78, 5) is 11.1. The smallest absolute Gasteiger partial charge is 0.356 e. The van der Waals surface area contributed by atoms with Crippen molar-refractivity contribution in [2.45, 2.75) is 6.42 Å². The van der Waals surface area contributed by atoms with Crippen molar-refractivity contribution in [1.82, 2.24) is 9.78 Å². The van der Waals surface area contributed by atoms with Gasteiger partial charge < -0.3 is 19.3 Å². The molecule has 1 N–H and O–H groups in total. The zero-order valence-corrected chi connectivity index (χ0v) is 12.6. The topological polar surface area (TPSA) is 82.8 Å². The Bertz CT molecular complexity index is 772. The van der Waals surface area contributed by atoms with Crippen LogP contribution in [-0.4, -0.2) is 41.2 Å². The van der Waals surface area contributed by atoms with Crippen LogP contribution in [0, 0.1) is 5.82 Å². The van der Waals surface area contributed by atoms with E-state index in [0.29, 0.717) is 31.1 Å². The lowest BCUT2D eigenvalue weighted by Crippen LogP contribution is -2.03. The molecule has 1 aliphatic rings. The van der Waals surface area contributed by atoms with Gasteiger partial charge in [-0.3, -0.25) is 4.68 Å². The van der Waals surface area contributed by atoms with Crippen LogP contribution < -0.4 is 14.2 Å². The van der Waals surface area contributed by atoms with Crippen molar-refractivity contribution in [3.8, 4) is 28.5 Å². The molecule has 1 aromatic heterocycles. The van der Waals surface area contributed by atoms with Gasteiger partial charge in [0.15, 0.2) is 28.8 Å². The number of carboxylic acid groups (broad SMARTS) is 1. The number of aryl methyl sites for hydroxylation is 1. The van der Waals surface area contributed by atoms with Crippen molar-refractivity contribution in [1.29, 1.82) is 0 Å². The van der Waals surface area contributed by atoms with Crippen LogP contribution in [0.5, 0.6) is 17.2 Å². The predicted octanol–water partition coefficient (Wildman–Crippen LogP) is 2.09. The Balaban J connectivity index is 2.28. The normalized spacial score (nSPS) is 13.5. The Labute approximate surface area is 131 Å². The van der Waals surface area contributed by atoms with Gasteiger partial charge in [0.05, 0.1) is 31.6 Å². The van der Waals surface area contributed by atoms with E-state index in [4.69, 9.17) is 19.3 Å². The fourth-order valence-corrected chi connectivity index (χ4v) is 2.50. The number of rotatable bonds is 3. The quantitative estimate of drug-likeness (QED) is 0.932. The second-order valence-electron chi connectivity index (χ2n) is 4.99. The zero-order valence-electron chi connectivity index (χ0n) is 12.6. The standard InChI is InChI=1S/C15H15FN2O5/c1-18-10(7-9(17-18)15(19)20)12-13(21-2)8(16)6-11-14(12)23-5-3-4-22-11/h6-7H,3-5H2,1-2H3,(H,19,20). The molecule has 7 nitrogen and oxygen atoms in total. The molecule has 2 heterocycles. The SMILES string of the molecule is COc1c(F)cc2c(c1-c1cc(C(=O)O)nn1C)OCCCO2. The van der Waals surface area contributed by atoms with Gasteiger partial charge in [-0.2, -0.15) is 5.10 Å². The number of hydrogen-bond donors (Lipinski definition) is 1. The summed E-state index contributed by atoms with van der Waals surface area (Å²) in [6.07, 6.45) is 0.657. The van der Waals surface area contributed by atoms with Crippen molar-refractivity contribution in [2.24, 2.45) is 7.05 Å². The van der Waals surface area contributed by atoms with E-state index >= 15 is 0 Å². The number of methoxy groups -OCH3 is 1. The van der Waals surface area contributed by atoms with E-state index in [2.05, 4.69) is 5.10 Å².